The highest BCUT2D eigenvalue weighted by Gasteiger charge is 1.99. The van der Waals surface area contributed by atoms with Gasteiger partial charge in [-0.3, -0.25) is 9.59 Å². The van der Waals surface area contributed by atoms with Crippen LogP contribution in [-0.2, 0) is 9.59 Å². The topological polar surface area (TPSA) is 74.6 Å². The van der Waals surface area contributed by atoms with Crippen LogP contribution in [0.15, 0.2) is 0 Å². The molecule has 0 unspecified atom stereocenters. The Labute approximate surface area is 282 Å². The number of hydrogen-bond donors (Lipinski definition) is 2. The van der Waals surface area contributed by atoms with E-state index in [4.69, 9.17) is 10.2 Å². The van der Waals surface area contributed by atoms with Gasteiger partial charge in [0.05, 0.1) is 0 Å². The van der Waals surface area contributed by atoms with E-state index >= 15 is 0 Å². The van der Waals surface area contributed by atoms with Crippen LogP contribution in [0.4, 0.5) is 0 Å². The zero-order valence-corrected chi connectivity index (χ0v) is 30.6. The Kier molecular flexibility index (Phi) is 38.5. The van der Waals surface area contributed by atoms with Gasteiger partial charge in [-0.05, 0) is 25.7 Å². The van der Waals surface area contributed by atoms with Crippen molar-refractivity contribution in [3.8, 4) is 0 Å². The second-order valence-electron chi connectivity index (χ2n) is 13.2. The van der Waals surface area contributed by atoms with Gasteiger partial charge in [0.2, 0.25) is 0 Å². The summed E-state index contributed by atoms with van der Waals surface area (Å²) in [6, 6.07) is 0. The number of carboxylic acid groups (broad SMARTS) is 2. The Bertz CT molecular complexity index is 537. The minimum Gasteiger partial charge on any atom is -0.481 e. The van der Waals surface area contributed by atoms with Gasteiger partial charge in [0.15, 0.2) is 0 Å². The summed E-state index contributed by atoms with van der Waals surface area (Å²) in [6.07, 6.45) is 43.2. The smallest absolute Gasteiger partial charge is 0.303 e. The molecule has 0 aliphatic rings. The van der Waals surface area contributed by atoms with E-state index in [0.717, 1.165) is 25.7 Å². The molecule has 4 nitrogen and oxygen atoms in total. The molecule has 262 valence electrons. The Morgan fingerprint density at radius 1 is 0.273 bits per heavy atom. The van der Waals surface area contributed by atoms with Crippen LogP contribution in [0.5, 0.6) is 0 Å². The fourth-order valence-corrected chi connectivity index (χ4v) is 8.24. The van der Waals surface area contributed by atoms with E-state index in [-0.39, 0.29) is 0 Å². The van der Waals surface area contributed by atoms with Crippen LogP contribution in [-0.4, -0.2) is 33.7 Å². The first-order chi connectivity index (χ1) is 21.6. The minimum absolute atomic E-state index is 0.339. The summed E-state index contributed by atoms with van der Waals surface area (Å²) >= 11 is 0. The predicted octanol–water partition coefficient (Wildman–Crippen LogP) is 13.8. The maximum absolute atomic E-state index is 10.5. The quantitative estimate of drug-likeness (QED) is 0.0506. The van der Waals surface area contributed by atoms with Crippen molar-refractivity contribution in [1.29, 1.82) is 0 Å². The Balaban J connectivity index is 3.05. The number of carbonyl (C=O) groups is 2. The van der Waals surface area contributed by atoms with Crippen molar-refractivity contribution in [2.75, 3.05) is 11.5 Å². The SMILES string of the molecule is O=C(O)CCCCCCCCCCCCCCCCCCSSCCCCCCCCCCCCCCCCCCC(=O)O. The summed E-state index contributed by atoms with van der Waals surface area (Å²) < 4.78 is 0. The number of rotatable bonds is 39. The van der Waals surface area contributed by atoms with E-state index in [1.165, 1.54) is 191 Å². The van der Waals surface area contributed by atoms with Crippen molar-refractivity contribution >= 4 is 33.5 Å². The maximum Gasteiger partial charge on any atom is 0.303 e. The van der Waals surface area contributed by atoms with Gasteiger partial charge in [-0.25, -0.2) is 0 Å². The lowest BCUT2D eigenvalue weighted by Crippen LogP contribution is -1.93. The van der Waals surface area contributed by atoms with E-state index in [1.54, 1.807) is 0 Å². The molecular weight excluding hydrogens is 585 g/mol. The van der Waals surface area contributed by atoms with Crippen molar-refractivity contribution in [3.05, 3.63) is 0 Å². The lowest BCUT2D eigenvalue weighted by molar-refractivity contribution is -0.138. The lowest BCUT2D eigenvalue weighted by Gasteiger charge is -2.04. The van der Waals surface area contributed by atoms with E-state index in [1.807, 2.05) is 0 Å². The molecule has 0 aromatic rings. The average molecular weight is 659 g/mol. The standard InChI is InChI=1S/C38H74O4S2/c39-37(40)33-29-25-21-17-13-9-5-1-3-7-11-15-19-23-27-31-35-43-44-36-32-28-24-20-16-12-8-4-2-6-10-14-18-22-26-30-34-38(41)42/h1-36H2,(H,39,40)(H,41,42). The van der Waals surface area contributed by atoms with Crippen LogP contribution in [0, 0.1) is 0 Å². The van der Waals surface area contributed by atoms with Gasteiger partial charge >= 0.3 is 11.9 Å². The molecule has 0 spiro atoms. The third-order valence-electron chi connectivity index (χ3n) is 8.82. The van der Waals surface area contributed by atoms with Crippen LogP contribution < -0.4 is 0 Å². The molecule has 0 aliphatic heterocycles. The second-order valence-corrected chi connectivity index (χ2v) is 15.9. The normalized spacial score (nSPS) is 11.4. The monoisotopic (exact) mass is 659 g/mol. The second kappa shape index (κ2) is 38.8. The average Bonchev–Trinajstić information content (AvgIpc) is 3.00. The van der Waals surface area contributed by atoms with Gasteiger partial charge < -0.3 is 10.2 Å². The Morgan fingerprint density at radius 2 is 0.432 bits per heavy atom. The van der Waals surface area contributed by atoms with Crippen LogP contribution in [0.3, 0.4) is 0 Å². The molecule has 0 radical (unpaired) electrons. The van der Waals surface area contributed by atoms with E-state index in [9.17, 15) is 9.59 Å². The molecule has 0 saturated heterocycles. The molecule has 6 heteroatoms. The van der Waals surface area contributed by atoms with E-state index in [2.05, 4.69) is 21.6 Å². The first kappa shape index (κ1) is 43.6. The summed E-state index contributed by atoms with van der Waals surface area (Å²) in [6.45, 7) is 0. The van der Waals surface area contributed by atoms with Crippen LogP contribution in [0.1, 0.15) is 218 Å². The van der Waals surface area contributed by atoms with Gasteiger partial charge in [-0.15, -0.1) is 0 Å². The van der Waals surface area contributed by atoms with Gasteiger partial charge in [0.1, 0.15) is 0 Å². The maximum atomic E-state index is 10.5. The molecule has 0 fully saturated rings. The molecule has 0 aliphatic carbocycles. The number of unbranched alkanes of at least 4 members (excludes halogenated alkanes) is 30. The molecular formula is C38H74O4S2. The summed E-state index contributed by atoms with van der Waals surface area (Å²) in [4.78, 5) is 21.0. The fourth-order valence-electron chi connectivity index (χ4n) is 5.94. The fraction of sp³-hybridized carbons (Fsp3) is 0.947. The van der Waals surface area contributed by atoms with Gasteiger partial charge in [0.25, 0.3) is 0 Å². The first-order valence-electron chi connectivity index (χ1n) is 19.3. The molecule has 0 bridgehead atoms. The van der Waals surface area contributed by atoms with Gasteiger partial charge in [0, 0.05) is 24.3 Å². The Hall–Kier alpha value is -0.360. The Morgan fingerprint density at radius 3 is 0.614 bits per heavy atom. The molecule has 44 heavy (non-hydrogen) atoms. The highest BCUT2D eigenvalue weighted by atomic mass is 33.1. The third kappa shape index (κ3) is 41.6. The summed E-state index contributed by atoms with van der Waals surface area (Å²) in [5.41, 5.74) is 0. The molecule has 0 atom stereocenters. The van der Waals surface area contributed by atoms with Crippen molar-refractivity contribution < 1.29 is 19.8 Å². The minimum atomic E-state index is -0.654. The summed E-state index contributed by atoms with van der Waals surface area (Å²) in [5, 5.41) is 17.3. The van der Waals surface area contributed by atoms with Crippen molar-refractivity contribution in [2.24, 2.45) is 0 Å². The van der Waals surface area contributed by atoms with Crippen molar-refractivity contribution in [2.45, 2.75) is 218 Å². The van der Waals surface area contributed by atoms with Crippen molar-refractivity contribution in [3.63, 3.8) is 0 Å². The molecule has 0 saturated carbocycles. The highest BCUT2D eigenvalue weighted by Crippen LogP contribution is 2.25. The van der Waals surface area contributed by atoms with Crippen molar-refractivity contribution in [1.82, 2.24) is 0 Å². The molecule has 0 rings (SSSR count). The molecule has 0 amide bonds. The molecule has 0 aromatic heterocycles. The van der Waals surface area contributed by atoms with Crippen LogP contribution in [0.2, 0.25) is 0 Å². The molecule has 0 heterocycles. The number of hydrogen-bond acceptors (Lipinski definition) is 4. The number of carboxylic acids is 2. The highest BCUT2D eigenvalue weighted by molar-refractivity contribution is 8.76. The van der Waals surface area contributed by atoms with Gasteiger partial charge in [-0.1, -0.05) is 201 Å². The molecule has 0 aromatic carbocycles. The largest absolute Gasteiger partial charge is 0.481 e. The van der Waals surface area contributed by atoms with Crippen LogP contribution >= 0.6 is 21.6 Å². The third-order valence-corrected chi connectivity index (χ3v) is 11.4. The zero-order chi connectivity index (χ0) is 32.0. The molecule has 2 N–H and O–H groups in total. The summed E-state index contributed by atoms with van der Waals surface area (Å²) in [5.74, 6) is 1.36. The van der Waals surface area contributed by atoms with Crippen LogP contribution in [0.25, 0.3) is 0 Å². The number of aliphatic carboxylic acids is 2. The van der Waals surface area contributed by atoms with E-state index < -0.39 is 11.9 Å². The lowest BCUT2D eigenvalue weighted by atomic mass is 10.0. The summed E-state index contributed by atoms with van der Waals surface area (Å²) in [7, 11) is 4.21. The zero-order valence-electron chi connectivity index (χ0n) is 29.0. The predicted molar refractivity (Wildman–Crippen MR) is 197 cm³/mol. The van der Waals surface area contributed by atoms with E-state index in [0.29, 0.717) is 12.8 Å². The van der Waals surface area contributed by atoms with Gasteiger partial charge in [-0.2, -0.15) is 0 Å². The first-order valence-corrected chi connectivity index (χ1v) is 21.8.